The average molecular weight is 414 g/mol. The van der Waals surface area contributed by atoms with Crippen molar-refractivity contribution in [2.75, 3.05) is 6.54 Å². The zero-order valence-corrected chi connectivity index (χ0v) is 17.7. The van der Waals surface area contributed by atoms with Gasteiger partial charge in [-0.05, 0) is 49.6 Å². The molecule has 31 heavy (non-hydrogen) atoms. The summed E-state index contributed by atoms with van der Waals surface area (Å²) in [4.78, 5) is 27.0. The molecule has 156 valence electrons. The lowest BCUT2D eigenvalue weighted by Crippen LogP contribution is -2.27. The SMILES string of the molecule is C=C(C#N)CN1Cc2c(cccc2-c2ccc3cnn(C(=O)OC(C)(C)C)c3c2)C1=O. The Balaban J connectivity index is 1.74. The zero-order valence-electron chi connectivity index (χ0n) is 17.7. The molecule has 0 aliphatic carbocycles. The Labute approximate surface area is 180 Å². The van der Waals surface area contributed by atoms with Crippen LogP contribution in [0.5, 0.6) is 0 Å². The summed E-state index contributed by atoms with van der Waals surface area (Å²) in [5, 5.41) is 14.0. The zero-order chi connectivity index (χ0) is 22.3. The van der Waals surface area contributed by atoms with Crippen LogP contribution in [0.1, 0.15) is 36.7 Å². The quantitative estimate of drug-likeness (QED) is 0.588. The van der Waals surface area contributed by atoms with Crippen LogP contribution in [0.15, 0.2) is 54.7 Å². The molecule has 0 radical (unpaired) electrons. The first-order chi connectivity index (χ1) is 14.7. The highest BCUT2D eigenvalue weighted by Gasteiger charge is 2.30. The maximum atomic E-state index is 12.8. The molecule has 0 bridgehead atoms. The monoisotopic (exact) mass is 414 g/mol. The predicted octanol–water partition coefficient (Wildman–Crippen LogP) is 4.52. The lowest BCUT2D eigenvalue weighted by molar-refractivity contribution is 0.0522. The molecular formula is C24H22N4O3. The van der Waals surface area contributed by atoms with E-state index in [1.54, 1.807) is 37.9 Å². The minimum absolute atomic E-state index is 0.117. The number of hydrogen-bond donors (Lipinski definition) is 0. The van der Waals surface area contributed by atoms with Gasteiger partial charge < -0.3 is 9.64 Å². The van der Waals surface area contributed by atoms with E-state index in [-0.39, 0.29) is 12.5 Å². The van der Waals surface area contributed by atoms with E-state index < -0.39 is 11.7 Å². The number of benzene rings is 2. The average Bonchev–Trinajstić information content (AvgIpc) is 3.27. The molecule has 0 saturated heterocycles. The summed E-state index contributed by atoms with van der Waals surface area (Å²) in [7, 11) is 0. The Morgan fingerprint density at radius 1 is 1.26 bits per heavy atom. The van der Waals surface area contributed by atoms with E-state index >= 15 is 0 Å². The number of amides is 1. The molecule has 1 aromatic heterocycles. The number of carbonyl (C=O) groups excluding carboxylic acids is 2. The van der Waals surface area contributed by atoms with Crippen LogP contribution in [0, 0.1) is 11.3 Å². The summed E-state index contributed by atoms with van der Waals surface area (Å²) in [6, 6.07) is 13.3. The topological polar surface area (TPSA) is 88.2 Å². The van der Waals surface area contributed by atoms with Crippen molar-refractivity contribution in [3.05, 3.63) is 65.9 Å². The highest BCUT2D eigenvalue weighted by Crippen LogP contribution is 2.34. The number of nitrogens with zero attached hydrogens (tertiary/aromatic N) is 4. The summed E-state index contributed by atoms with van der Waals surface area (Å²) in [6.45, 7) is 9.70. The minimum Gasteiger partial charge on any atom is -0.442 e. The van der Waals surface area contributed by atoms with E-state index in [1.807, 2.05) is 36.4 Å². The number of aromatic nitrogens is 2. The van der Waals surface area contributed by atoms with Crippen LogP contribution in [-0.4, -0.2) is 38.8 Å². The Kier molecular flexibility index (Phi) is 4.86. The maximum absolute atomic E-state index is 12.8. The first-order valence-corrected chi connectivity index (χ1v) is 9.88. The number of ether oxygens (including phenoxy) is 1. The smallest absolute Gasteiger partial charge is 0.435 e. The van der Waals surface area contributed by atoms with Gasteiger partial charge in [-0.1, -0.05) is 30.8 Å². The normalized spacial score (nSPS) is 13.2. The Bertz CT molecular complexity index is 1270. The van der Waals surface area contributed by atoms with Crippen LogP contribution < -0.4 is 0 Å². The molecule has 1 aliphatic heterocycles. The molecule has 7 heteroatoms. The molecule has 0 saturated carbocycles. The lowest BCUT2D eigenvalue weighted by Gasteiger charge is -2.19. The van der Waals surface area contributed by atoms with Crippen LogP contribution in [-0.2, 0) is 11.3 Å². The highest BCUT2D eigenvalue weighted by molar-refractivity contribution is 6.01. The molecule has 1 aliphatic rings. The van der Waals surface area contributed by atoms with E-state index in [4.69, 9.17) is 10.00 Å². The third kappa shape index (κ3) is 3.80. The van der Waals surface area contributed by atoms with Gasteiger partial charge in [0.1, 0.15) is 5.60 Å². The number of carbonyl (C=O) groups is 2. The summed E-state index contributed by atoms with van der Waals surface area (Å²) in [6.07, 6.45) is 1.08. The van der Waals surface area contributed by atoms with Crippen LogP contribution in [0.25, 0.3) is 22.0 Å². The fourth-order valence-electron chi connectivity index (χ4n) is 3.69. The van der Waals surface area contributed by atoms with Crippen molar-refractivity contribution in [1.82, 2.24) is 14.7 Å². The van der Waals surface area contributed by atoms with Gasteiger partial charge in [0.05, 0.1) is 24.3 Å². The summed E-state index contributed by atoms with van der Waals surface area (Å²) in [5.74, 6) is -0.117. The first-order valence-electron chi connectivity index (χ1n) is 9.88. The van der Waals surface area contributed by atoms with Crippen LogP contribution in [0.2, 0.25) is 0 Å². The van der Waals surface area contributed by atoms with Crippen molar-refractivity contribution >= 4 is 22.9 Å². The molecule has 4 rings (SSSR count). The van der Waals surface area contributed by atoms with Gasteiger partial charge >= 0.3 is 6.09 Å². The van der Waals surface area contributed by atoms with E-state index in [0.717, 1.165) is 22.1 Å². The van der Waals surface area contributed by atoms with E-state index in [9.17, 15) is 9.59 Å². The summed E-state index contributed by atoms with van der Waals surface area (Å²) >= 11 is 0. The second kappa shape index (κ2) is 7.40. The van der Waals surface area contributed by atoms with Gasteiger partial charge in [0, 0.05) is 23.1 Å². The molecule has 1 amide bonds. The highest BCUT2D eigenvalue weighted by atomic mass is 16.6. The fraction of sp³-hybridized carbons (Fsp3) is 0.250. The van der Waals surface area contributed by atoms with E-state index in [1.165, 1.54) is 4.68 Å². The first kappa shape index (κ1) is 20.4. The van der Waals surface area contributed by atoms with Gasteiger partial charge in [0.15, 0.2) is 0 Å². The Morgan fingerprint density at radius 2 is 2.00 bits per heavy atom. The molecule has 3 aromatic rings. The number of hydrogen-bond acceptors (Lipinski definition) is 5. The lowest BCUT2D eigenvalue weighted by atomic mass is 9.96. The largest absolute Gasteiger partial charge is 0.442 e. The second-order valence-corrected chi connectivity index (χ2v) is 8.52. The van der Waals surface area contributed by atoms with Gasteiger partial charge in [-0.15, -0.1) is 0 Å². The standard InChI is InChI=1S/C24H22N4O3/c1-15(11-25)13-27-14-20-18(6-5-7-19(20)22(27)29)16-8-9-17-12-26-28(21(17)10-16)23(30)31-24(2,3)4/h5-10,12H,1,13-14H2,2-4H3. The third-order valence-electron chi connectivity index (χ3n) is 5.03. The molecular weight excluding hydrogens is 392 g/mol. The van der Waals surface area contributed by atoms with Crippen molar-refractivity contribution < 1.29 is 14.3 Å². The Morgan fingerprint density at radius 3 is 2.71 bits per heavy atom. The third-order valence-corrected chi connectivity index (χ3v) is 5.03. The van der Waals surface area contributed by atoms with E-state index in [0.29, 0.717) is 23.2 Å². The van der Waals surface area contributed by atoms with Crippen LogP contribution in [0.3, 0.4) is 0 Å². The van der Waals surface area contributed by atoms with Crippen molar-refractivity contribution in [2.45, 2.75) is 32.9 Å². The molecule has 2 heterocycles. The predicted molar refractivity (Wildman–Crippen MR) is 116 cm³/mol. The molecule has 0 N–H and O–H groups in total. The fourth-order valence-corrected chi connectivity index (χ4v) is 3.69. The second-order valence-electron chi connectivity index (χ2n) is 8.52. The Hall–Kier alpha value is -3.92. The van der Waals surface area contributed by atoms with Crippen molar-refractivity contribution in [2.24, 2.45) is 0 Å². The molecule has 7 nitrogen and oxygen atoms in total. The van der Waals surface area contributed by atoms with Gasteiger partial charge in [-0.2, -0.15) is 15.0 Å². The van der Waals surface area contributed by atoms with Crippen molar-refractivity contribution in [3.63, 3.8) is 0 Å². The van der Waals surface area contributed by atoms with Crippen LogP contribution >= 0.6 is 0 Å². The molecule has 0 spiro atoms. The summed E-state index contributed by atoms with van der Waals surface area (Å²) in [5.41, 5.74) is 3.60. The van der Waals surface area contributed by atoms with Gasteiger partial charge in [0.25, 0.3) is 5.91 Å². The number of rotatable bonds is 3. The van der Waals surface area contributed by atoms with Crippen LogP contribution in [0.4, 0.5) is 4.79 Å². The van der Waals surface area contributed by atoms with Crippen molar-refractivity contribution in [3.8, 4) is 17.2 Å². The molecule has 0 unspecified atom stereocenters. The van der Waals surface area contributed by atoms with Gasteiger partial charge in [0.2, 0.25) is 0 Å². The number of fused-ring (bicyclic) bond motifs is 2. The molecule has 0 fully saturated rings. The van der Waals surface area contributed by atoms with E-state index in [2.05, 4.69) is 11.7 Å². The maximum Gasteiger partial charge on any atom is 0.435 e. The van der Waals surface area contributed by atoms with Gasteiger partial charge in [-0.3, -0.25) is 4.79 Å². The minimum atomic E-state index is -0.634. The van der Waals surface area contributed by atoms with Gasteiger partial charge in [-0.25, -0.2) is 4.79 Å². The number of nitriles is 1. The molecule has 2 aromatic carbocycles. The summed E-state index contributed by atoms with van der Waals surface area (Å²) < 4.78 is 6.71. The molecule has 0 atom stereocenters. The van der Waals surface area contributed by atoms with Crippen molar-refractivity contribution in [1.29, 1.82) is 5.26 Å².